The fraction of sp³-hybridized carbons (Fsp3) is 0.455. The Kier molecular flexibility index (Phi) is 7.95. The lowest BCUT2D eigenvalue weighted by molar-refractivity contribution is 1.25. The van der Waals surface area contributed by atoms with Crippen molar-refractivity contribution in [2.24, 2.45) is 0 Å². The van der Waals surface area contributed by atoms with E-state index in [1.165, 1.54) is 38.9 Å². The van der Waals surface area contributed by atoms with Crippen LogP contribution in [0, 0.1) is 41.5 Å². The van der Waals surface area contributed by atoms with Gasteiger partial charge >= 0.3 is 0 Å². The third-order valence-corrected chi connectivity index (χ3v) is 3.66. The second kappa shape index (κ2) is 9.46. The maximum Gasteiger partial charge on any atom is 0.0280 e. The van der Waals surface area contributed by atoms with Crippen LogP contribution in [0.5, 0.6) is 0 Å². The van der Waals surface area contributed by atoms with Gasteiger partial charge in [0.1, 0.15) is 0 Å². The average molecular weight is 300 g/mol. The van der Waals surface area contributed by atoms with Gasteiger partial charge in [-0.1, -0.05) is 57.5 Å². The largest absolute Gasteiger partial charge is 0.0683 e. The molecule has 0 aromatic heterocycles. The smallest absolute Gasteiger partial charge is 0.0280 e. The topological polar surface area (TPSA) is 0 Å². The van der Waals surface area contributed by atoms with Crippen LogP contribution in [0.15, 0.2) is 24.3 Å². The normalized spacial score (nSPS) is 9.95. The minimum atomic E-state index is 0.365. The summed E-state index contributed by atoms with van der Waals surface area (Å²) in [5, 5.41) is 0. The van der Waals surface area contributed by atoms with Gasteiger partial charge in [-0.2, -0.15) is 0 Å². The summed E-state index contributed by atoms with van der Waals surface area (Å²) in [5.74, 6) is 0. The molecular weight excluding hydrogens is 264 g/mol. The van der Waals surface area contributed by atoms with Crippen molar-refractivity contribution >= 4 is 0 Å². The molecule has 0 spiro atoms. The van der Waals surface area contributed by atoms with Gasteiger partial charge in [0.2, 0.25) is 0 Å². The third kappa shape index (κ3) is 4.73. The van der Waals surface area contributed by atoms with E-state index in [9.17, 15) is 0 Å². The SMILES string of the molecule is CC.CC.[2H]Cc1c(C)cc(-c2c(C)cc(C)cc2C)cc1C. The van der Waals surface area contributed by atoms with Crippen LogP contribution in [-0.4, -0.2) is 0 Å². The second-order valence-electron chi connectivity index (χ2n) is 5.36. The van der Waals surface area contributed by atoms with Crippen molar-refractivity contribution < 1.29 is 1.37 Å². The molecule has 0 atom stereocenters. The number of hydrogen-bond donors (Lipinski definition) is 0. The number of rotatable bonds is 1. The zero-order valence-electron chi connectivity index (χ0n) is 17.0. The molecular formula is C22H34. The number of benzene rings is 2. The van der Waals surface area contributed by atoms with Crippen LogP contribution in [0.3, 0.4) is 0 Å². The molecule has 0 amide bonds. The number of aryl methyl sites for hydroxylation is 5. The summed E-state index contributed by atoms with van der Waals surface area (Å²) in [5.41, 5.74) is 10.2. The van der Waals surface area contributed by atoms with E-state index in [1.54, 1.807) is 0 Å². The molecule has 0 saturated carbocycles. The first kappa shape index (κ1) is 18.5. The average Bonchev–Trinajstić information content (AvgIpc) is 2.50. The fourth-order valence-electron chi connectivity index (χ4n) is 2.77. The van der Waals surface area contributed by atoms with Gasteiger partial charge in [-0.15, -0.1) is 0 Å². The van der Waals surface area contributed by atoms with E-state index in [-0.39, 0.29) is 0 Å². The Labute approximate surface area is 140 Å². The van der Waals surface area contributed by atoms with Crippen molar-refractivity contribution in [2.45, 2.75) is 69.2 Å². The monoisotopic (exact) mass is 299 g/mol. The maximum atomic E-state index is 7.61. The molecule has 22 heavy (non-hydrogen) atoms. The molecule has 0 aliphatic heterocycles. The molecule has 0 bridgehead atoms. The fourth-order valence-corrected chi connectivity index (χ4v) is 2.77. The van der Waals surface area contributed by atoms with Gasteiger partial charge in [-0.05, 0) is 80.5 Å². The van der Waals surface area contributed by atoms with Crippen molar-refractivity contribution in [1.29, 1.82) is 0 Å². The van der Waals surface area contributed by atoms with E-state index in [1.807, 2.05) is 27.7 Å². The lowest BCUT2D eigenvalue weighted by Gasteiger charge is -2.15. The Bertz CT molecular complexity index is 578. The third-order valence-electron chi connectivity index (χ3n) is 3.66. The summed E-state index contributed by atoms with van der Waals surface area (Å²) in [6.07, 6.45) is 0. The Morgan fingerprint density at radius 1 is 0.636 bits per heavy atom. The molecule has 2 aromatic rings. The predicted octanol–water partition coefficient (Wildman–Crippen LogP) is 7.26. The molecule has 0 heteroatoms. The van der Waals surface area contributed by atoms with Crippen molar-refractivity contribution in [1.82, 2.24) is 0 Å². The first-order valence-corrected chi connectivity index (χ1v) is 8.41. The van der Waals surface area contributed by atoms with Gasteiger partial charge in [0.15, 0.2) is 0 Å². The summed E-state index contributed by atoms with van der Waals surface area (Å²) >= 11 is 0. The molecule has 2 aromatic carbocycles. The van der Waals surface area contributed by atoms with Crippen LogP contribution in [0.1, 0.15) is 62.4 Å². The zero-order chi connectivity index (χ0) is 18.2. The maximum absolute atomic E-state index is 7.61. The molecule has 0 aliphatic rings. The molecule has 0 heterocycles. The van der Waals surface area contributed by atoms with Gasteiger partial charge in [0.25, 0.3) is 0 Å². The summed E-state index contributed by atoms with van der Waals surface area (Å²) in [7, 11) is 0. The van der Waals surface area contributed by atoms with Crippen molar-refractivity contribution in [2.75, 3.05) is 0 Å². The summed E-state index contributed by atoms with van der Waals surface area (Å²) in [4.78, 5) is 0. The highest BCUT2D eigenvalue weighted by atomic mass is 14.1. The first-order chi connectivity index (χ1) is 10.9. The van der Waals surface area contributed by atoms with E-state index in [0.717, 1.165) is 5.56 Å². The highest BCUT2D eigenvalue weighted by Crippen LogP contribution is 2.31. The van der Waals surface area contributed by atoms with Gasteiger partial charge < -0.3 is 0 Å². The van der Waals surface area contributed by atoms with Crippen molar-refractivity contribution in [3.63, 3.8) is 0 Å². The van der Waals surface area contributed by atoms with E-state index in [4.69, 9.17) is 1.37 Å². The number of hydrogen-bond acceptors (Lipinski definition) is 0. The Balaban J connectivity index is 0.00000112. The predicted molar refractivity (Wildman–Crippen MR) is 103 cm³/mol. The molecule has 0 aliphatic carbocycles. The lowest BCUT2D eigenvalue weighted by atomic mass is 9.90. The first-order valence-electron chi connectivity index (χ1n) is 9.12. The van der Waals surface area contributed by atoms with Crippen LogP contribution in [0.4, 0.5) is 0 Å². The van der Waals surface area contributed by atoms with Gasteiger partial charge in [0.05, 0.1) is 0 Å². The molecule has 2 rings (SSSR count). The molecule has 0 N–H and O–H groups in total. The van der Waals surface area contributed by atoms with Crippen LogP contribution in [0.2, 0.25) is 0 Å². The highest BCUT2D eigenvalue weighted by molar-refractivity contribution is 5.73. The highest BCUT2D eigenvalue weighted by Gasteiger charge is 2.09. The zero-order valence-corrected chi connectivity index (χ0v) is 16.0. The Hall–Kier alpha value is -1.56. The van der Waals surface area contributed by atoms with E-state index < -0.39 is 0 Å². The standard InChI is InChI=1S/C18H22.2C2H6/c1-11-7-14(4)18(15(5)8-11)17-9-12(2)16(6)13(3)10-17;2*1-2/h7-10H,1-6H3;2*1-2H3/i6D;;. The molecule has 0 radical (unpaired) electrons. The second-order valence-corrected chi connectivity index (χ2v) is 5.36. The minimum Gasteiger partial charge on any atom is -0.0683 e. The van der Waals surface area contributed by atoms with Crippen molar-refractivity contribution in [3.05, 3.63) is 57.6 Å². The van der Waals surface area contributed by atoms with Crippen LogP contribution in [0.25, 0.3) is 11.1 Å². The summed E-state index contributed by atoms with van der Waals surface area (Å²) in [6, 6.07) is 8.93. The molecule has 0 nitrogen and oxygen atoms in total. The van der Waals surface area contributed by atoms with Crippen molar-refractivity contribution in [3.8, 4) is 11.1 Å². The quantitative estimate of drug-likeness (QED) is 0.520. The van der Waals surface area contributed by atoms with Gasteiger partial charge in [-0.25, -0.2) is 0 Å². The summed E-state index contributed by atoms with van der Waals surface area (Å²) in [6.45, 7) is 19.1. The molecule has 0 saturated heterocycles. The Morgan fingerprint density at radius 2 is 1.05 bits per heavy atom. The lowest BCUT2D eigenvalue weighted by Crippen LogP contribution is -1.93. The van der Waals surface area contributed by atoms with Gasteiger partial charge in [0, 0.05) is 1.37 Å². The molecule has 0 fully saturated rings. The van der Waals surface area contributed by atoms with Crippen LogP contribution >= 0.6 is 0 Å². The van der Waals surface area contributed by atoms with E-state index in [2.05, 4.69) is 58.9 Å². The van der Waals surface area contributed by atoms with E-state index in [0.29, 0.717) is 6.90 Å². The van der Waals surface area contributed by atoms with Gasteiger partial charge in [-0.3, -0.25) is 0 Å². The minimum absolute atomic E-state index is 0.365. The van der Waals surface area contributed by atoms with E-state index >= 15 is 0 Å². The molecule has 0 unspecified atom stereocenters. The van der Waals surface area contributed by atoms with Crippen LogP contribution < -0.4 is 0 Å². The van der Waals surface area contributed by atoms with Crippen LogP contribution in [-0.2, 0) is 0 Å². The molecule has 122 valence electrons. The Morgan fingerprint density at radius 3 is 1.41 bits per heavy atom. The summed E-state index contributed by atoms with van der Waals surface area (Å²) < 4.78 is 7.61.